The van der Waals surface area contributed by atoms with Crippen molar-refractivity contribution < 1.29 is 0 Å². The van der Waals surface area contributed by atoms with E-state index in [1.165, 1.54) is 0 Å². The zero-order chi connectivity index (χ0) is 12.2. The highest BCUT2D eigenvalue weighted by Crippen LogP contribution is 2.14. The van der Waals surface area contributed by atoms with Crippen LogP contribution in [0.5, 0.6) is 0 Å². The molecule has 0 unspecified atom stereocenters. The Labute approximate surface area is 105 Å². The molecule has 0 amide bonds. The van der Waals surface area contributed by atoms with Crippen LogP contribution in [0.3, 0.4) is 0 Å². The number of aromatic nitrogens is 4. The van der Waals surface area contributed by atoms with E-state index in [1.54, 1.807) is 12.4 Å². The maximum atomic E-state index is 4.31. The van der Waals surface area contributed by atoms with Gasteiger partial charge in [-0.3, -0.25) is 14.6 Å². The van der Waals surface area contributed by atoms with Crippen molar-refractivity contribution in [2.24, 2.45) is 0 Å². The van der Waals surface area contributed by atoms with E-state index in [-0.39, 0.29) is 0 Å². The van der Waals surface area contributed by atoms with Crippen LogP contribution in [0.15, 0.2) is 55.1 Å². The molecule has 0 aliphatic carbocycles. The molecule has 4 heteroatoms. The first-order valence-corrected chi connectivity index (χ1v) is 5.67. The van der Waals surface area contributed by atoms with Gasteiger partial charge in [0.1, 0.15) is 0 Å². The first kappa shape index (κ1) is 10.7. The molecule has 3 heterocycles. The van der Waals surface area contributed by atoms with Gasteiger partial charge in [-0.05, 0) is 18.2 Å². The molecule has 3 aromatic rings. The first-order valence-electron chi connectivity index (χ1n) is 5.67. The van der Waals surface area contributed by atoms with Gasteiger partial charge in [-0.2, -0.15) is 5.10 Å². The lowest BCUT2D eigenvalue weighted by Crippen LogP contribution is -2.01. The van der Waals surface area contributed by atoms with Gasteiger partial charge in [0.15, 0.2) is 0 Å². The lowest BCUT2D eigenvalue weighted by molar-refractivity contribution is 0.673. The van der Waals surface area contributed by atoms with Crippen LogP contribution in [-0.4, -0.2) is 19.7 Å². The van der Waals surface area contributed by atoms with Gasteiger partial charge in [-0.1, -0.05) is 12.1 Å². The average molecular weight is 235 g/mol. The Hall–Kier alpha value is -2.49. The molecule has 0 aliphatic rings. The van der Waals surface area contributed by atoms with Crippen molar-refractivity contribution in [3.63, 3.8) is 0 Å². The summed E-state index contributed by atoms with van der Waals surface area (Å²) < 4.78 is 1.85. The van der Waals surface area contributed by atoms with E-state index in [0.29, 0.717) is 6.54 Å². The van der Waals surface area contributed by atoms with E-state index in [9.17, 15) is 0 Å². The molecule has 0 fully saturated rings. The Bertz CT molecular complexity index is 617. The fraction of sp³-hybridized carbons (Fsp3) is 0.0714. The maximum absolute atomic E-state index is 4.31. The van der Waals surface area contributed by atoms with Crippen LogP contribution in [-0.2, 0) is 6.54 Å². The van der Waals surface area contributed by atoms with Gasteiger partial charge in [0.05, 0.1) is 24.1 Å². The molecule has 0 saturated carbocycles. The summed E-state index contributed by atoms with van der Waals surface area (Å²) in [5.74, 6) is 0. The molecule has 3 rings (SSSR count). The molecule has 87 valence electrons. The molecule has 0 saturated heterocycles. The highest BCUT2D eigenvalue weighted by molar-refractivity contribution is 5.56. The lowest BCUT2D eigenvalue weighted by Gasteiger charge is -1.99. The third-order valence-electron chi connectivity index (χ3n) is 2.59. The first-order chi connectivity index (χ1) is 8.92. The highest BCUT2D eigenvalue weighted by Gasteiger charge is 2.03. The Morgan fingerprint density at radius 3 is 2.94 bits per heavy atom. The van der Waals surface area contributed by atoms with Crippen LogP contribution in [0, 0.1) is 6.07 Å². The third kappa shape index (κ3) is 2.27. The topological polar surface area (TPSA) is 43.6 Å². The molecule has 0 aromatic carbocycles. The second-order valence-electron chi connectivity index (χ2n) is 3.89. The van der Waals surface area contributed by atoms with E-state index in [1.807, 2.05) is 47.4 Å². The summed E-state index contributed by atoms with van der Waals surface area (Å²) in [6.07, 6.45) is 7.23. The normalized spacial score (nSPS) is 10.4. The SMILES string of the molecule is [c]1ccc(Cn2cc(-c3ccccn3)cn2)nc1. The van der Waals surface area contributed by atoms with E-state index in [0.717, 1.165) is 17.0 Å². The minimum Gasteiger partial charge on any atom is -0.266 e. The Kier molecular flexibility index (Phi) is 2.84. The van der Waals surface area contributed by atoms with Crippen molar-refractivity contribution in [2.75, 3.05) is 0 Å². The van der Waals surface area contributed by atoms with Crippen LogP contribution in [0.2, 0.25) is 0 Å². The fourth-order valence-corrected chi connectivity index (χ4v) is 1.73. The van der Waals surface area contributed by atoms with E-state index in [2.05, 4.69) is 21.1 Å². The summed E-state index contributed by atoms with van der Waals surface area (Å²) in [5, 5.41) is 4.31. The van der Waals surface area contributed by atoms with E-state index in [4.69, 9.17) is 0 Å². The van der Waals surface area contributed by atoms with Crippen LogP contribution < -0.4 is 0 Å². The van der Waals surface area contributed by atoms with Gasteiger partial charge in [-0.25, -0.2) is 0 Å². The third-order valence-corrected chi connectivity index (χ3v) is 2.59. The average Bonchev–Trinajstić information content (AvgIpc) is 2.89. The number of nitrogens with zero attached hydrogens (tertiary/aromatic N) is 4. The molecule has 4 nitrogen and oxygen atoms in total. The molecule has 3 aromatic heterocycles. The smallest absolute Gasteiger partial charge is 0.0831 e. The van der Waals surface area contributed by atoms with Crippen molar-refractivity contribution in [3.05, 3.63) is 66.9 Å². The second-order valence-corrected chi connectivity index (χ2v) is 3.89. The van der Waals surface area contributed by atoms with Crippen LogP contribution in [0.4, 0.5) is 0 Å². The number of hydrogen-bond donors (Lipinski definition) is 0. The summed E-state index contributed by atoms with van der Waals surface area (Å²) in [7, 11) is 0. The van der Waals surface area contributed by atoms with Crippen LogP contribution in [0.25, 0.3) is 11.3 Å². The predicted molar refractivity (Wildman–Crippen MR) is 67.6 cm³/mol. The van der Waals surface area contributed by atoms with Gasteiger partial charge in [0.25, 0.3) is 0 Å². The Balaban J connectivity index is 1.82. The molecule has 0 bridgehead atoms. The molecule has 18 heavy (non-hydrogen) atoms. The summed E-state index contributed by atoms with van der Waals surface area (Å²) >= 11 is 0. The van der Waals surface area contributed by atoms with Crippen molar-refractivity contribution >= 4 is 0 Å². The molecule has 1 radical (unpaired) electrons. The monoisotopic (exact) mass is 235 g/mol. The van der Waals surface area contributed by atoms with Crippen molar-refractivity contribution in [2.45, 2.75) is 6.54 Å². The van der Waals surface area contributed by atoms with Gasteiger partial charge in [0, 0.05) is 30.2 Å². The van der Waals surface area contributed by atoms with Gasteiger partial charge in [0.2, 0.25) is 0 Å². The minimum absolute atomic E-state index is 0.654. The minimum atomic E-state index is 0.654. The largest absolute Gasteiger partial charge is 0.266 e. The lowest BCUT2D eigenvalue weighted by atomic mass is 10.2. The Morgan fingerprint density at radius 1 is 1.17 bits per heavy atom. The summed E-state index contributed by atoms with van der Waals surface area (Å²) in [6, 6.07) is 12.5. The quantitative estimate of drug-likeness (QED) is 0.699. The number of rotatable bonds is 3. The molecule has 0 N–H and O–H groups in total. The summed E-state index contributed by atoms with van der Waals surface area (Å²) in [6.45, 7) is 0.654. The van der Waals surface area contributed by atoms with Crippen LogP contribution >= 0.6 is 0 Å². The van der Waals surface area contributed by atoms with E-state index < -0.39 is 0 Å². The maximum Gasteiger partial charge on any atom is 0.0831 e. The van der Waals surface area contributed by atoms with Crippen molar-refractivity contribution in [1.82, 2.24) is 19.7 Å². The van der Waals surface area contributed by atoms with Crippen LogP contribution in [0.1, 0.15) is 5.69 Å². The molecule has 0 spiro atoms. The van der Waals surface area contributed by atoms with Gasteiger partial charge in [-0.15, -0.1) is 0 Å². The summed E-state index contributed by atoms with van der Waals surface area (Å²) in [4.78, 5) is 8.52. The zero-order valence-corrected chi connectivity index (χ0v) is 9.69. The number of pyridine rings is 2. The molecular formula is C14H11N4. The van der Waals surface area contributed by atoms with E-state index >= 15 is 0 Å². The predicted octanol–water partition coefficient (Wildman–Crippen LogP) is 2.19. The Morgan fingerprint density at radius 2 is 2.17 bits per heavy atom. The second kappa shape index (κ2) is 4.79. The number of hydrogen-bond acceptors (Lipinski definition) is 3. The fourth-order valence-electron chi connectivity index (χ4n) is 1.73. The summed E-state index contributed by atoms with van der Waals surface area (Å²) in [5.41, 5.74) is 2.90. The van der Waals surface area contributed by atoms with Crippen molar-refractivity contribution in [3.8, 4) is 11.3 Å². The van der Waals surface area contributed by atoms with Gasteiger partial charge >= 0.3 is 0 Å². The highest BCUT2D eigenvalue weighted by atomic mass is 15.3. The molecule has 0 aliphatic heterocycles. The standard InChI is InChI=1S/C14H11N4/c1-3-7-15-13(5-1)11-18-10-12(9-17-18)14-6-2-4-8-16-14/h1-2,4-10H,11H2. The zero-order valence-electron chi connectivity index (χ0n) is 9.69. The van der Waals surface area contributed by atoms with Gasteiger partial charge < -0.3 is 0 Å². The van der Waals surface area contributed by atoms with Crippen molar-refractivity contribution in [1.29, 1.82) is 0 Å². The molecular weight excluding hydrogens is 224 g/mol. The molecule has 0 atom stereocenters.